The molecule has 86 valence electrons. The Balaban J connectivity index is 2.23. The second-order valence-corrected chi connectivity index (χ2v) is 3.05. The molecule has 1 N–H and O–H groups in total. The SMILES string of the molecule is COC(=O)NOC(=O)CCc1ccccc1. The van der Waals surface area contributed by atoms with Gasteiger partial charge in [-0.2, -0.15) is 0 Å². The summed E-state index contributed by atoms with van der Waals surface area (Å²) in [6.45, 7) is 0. The first kappa shape index (κ1) is 12.0. The number of amides is 1. The lowest BCUT2D eigenvalue weighted by molar-refractivity contribution is -0.149. The summed E-state index contributed by atoms with van der Waals surface area (Å²) in [6.07, 6.45) is -0.0238. The van der Waals surface area contributed by atoms with Crippen LogP contribution in [0.2, 0.25) is 0 Å². The van der Waals surface area contributed by atoms with E-state index in [1.165, 1.54) is 7.11 Å². The first-order chi connectivity index (χ1) is 7.72. The number of hydroxylamine groups is 1. The van der Waals surface area contributed by atoms with Crippen molar-refractivity contribution >= 4 is 12.1 Å². The van der Waals surface area contributed by atoms with E-state index in [0.717, 1.165) is 5.56 Å². The van der Waals surface area contributed by atoms with Gasteiger partial charge >= 0.3 is 12.1 Å². The number of hydrogen-bond donors (Lipinski definition) is 1. The minimum absolute atomic E-state index is 0.202. The Hall–Kier alpha value is -2.04. The molecule has 0 radical (unpaired) electrons. The minimum Gasteiger partial charge on any atom is -0.451 e. The summed E-state index contributed by atoms with van der Waals surface area (Å²) in [5.74, 6) is -0.505. The fraction of sp³-hybridized carbons (Fsp3) is 0.273. The molecule has 1 aromatic carbocycles. The number of ether oxygens (including phenoxy) is 1. The highest BCUT2D eigenvalue weighted by Gasteiger charge is 2.06. The van der Waals surface area contributed by atoms with Gasteiger partial charge in [-0.1, -0.05) is 30.3 Å². The van der Waals surface area contributed by atoms with Gasteiger partial charge in [0, 0.05) is 0 Å². The van der Waals surface area contributed by atoms with Crippen LogP contribution in [0.15, 0.2) is 30.3 Å². The molecule has 0 aliphatic carbocycles. The quantitative estimate of drug-likeness (QED) is 0.787. The predicted molar refractivity (Wildman–Crippen MR) is 56.4 cm³/mol. The molecule has 1 rings (SSSR count). The van der Waals surface area contributed by atoms with Crippen molar-refractivity contribution < 1.29 is 19.2 Å². The molecule has 16 heavy (non-hydrogen) atoms. The fourth-order valence-corrected chi connectivity index (χ4v) is 1.08. The van der Waals surface area contributed by atoms with Crippen LogP contribution in [-0.2, 0) is 20.8 Å². The number of nitrogens with one attached hydrogen (secondary N) is 1. The van der Waals surface area contributed by atoms with Gasteiger partial charge in [0.25, 0.3) is 0 Å². The van der Waals surface area contributed by atoms with Crippen LogP contribution in [0.5, 0.6) is 0 Å². The van der Waals surface area contributed by atoms with Crippen molar-refractivity contribution in [3.63, 3.8) is 0 Å². The largest absolute Gasteiger partial charge is 0.451 e. The van der Waals surface area contributed by atoms with Gasteiger partial charge in [0.1, 0.15) is 0 Å². The molecular weight excluding hydrogens is 210 g/mol. The third-order valence-electron chi connectivity index (χ3n) is 1.89. The number of hydrogen-bond acceptors (Lipinski definition) is 4. The number of carbonyl (C=O) groups excluding carboxylic acids is 2. The lowest BCUT2D eigenvalue weighted by Crippen LogP contribution is -2.26. The molecular formula is C11H13NO4. The minimum atomic E-state index is -0.798. The van der Waals surface area contributed by atoms with E-state index < -0.39 is 12.1 Å². The molecule has 0 atom stereocenters. The zero-order valence-corrected chi connectivity index (χ0v) is 8.93. The van der Waals surface area contributed by atoms with Gasteiger partial charge < -0.3 is 9.57 Å². The summed E-state index contributed by atoms with van der Waals surface area (Å²) in [4.78, 5) is 26.2. The Morgan fingerprint density at radius 2 is 1.94 bits per heavy atom. The standard InChI is InChI=1S/C11H13NO4/c1-15-11(14)12-16-10(13)8-7-9-5-3-2-4-6-9/h2-6H,7-8H2,1H3,(H,12,14). The fourth-order valence-electron chi connectivity index (χ4n) is 1.08. The van der Waals surface area contributed by atoms with E-state index in [2.05, 4.69) is 9.57 Å². The monoisotopic (exact) mass is 223 g/mol. The second-order valence-electron chi connectivity index (χ2n) is 3.05. The van der Waals surface area contributed by atoms with E-state index in [4.69, 9.17) is 0 Å². The van der Waals surface area contributed by atoms with Crippen LogP contribution < -0.4 is 5.48 Å². The Labute approximate surface area is 93.3 Å². The molecule has 5 heteroatoms. The van der Waals surface area contributed by atoms with E-state index in [1.54, 1.807) is 0 Å². The molecule has 0 saturated heterocycles. The van der Waals surface area contributed by atoms with Gasteiger partial charge in [-0.25, -0.2) is 9.59 Å². The Morgan fingerprint density at radius 3 is 2.56 bits per heavy atom. The number of rotatable bonds is 3. The number of aryl methyl sites for hydroxylation is 1. The van der Waals surface area contributed by atoms with Crippen molar-refractivity contribution in [1.29, 1.82) is 0 Å². The average molecular weight is 223 g/mol. The van der Waals surface area contributed by atoms with E-state index in [9.17, 15) is 9.59 Å². The maximum absolute atomic E-state index is 11.1. The third kappa shape index (κ3) is 4.45. The van der Waals surface area contributed by atoms with Crippen LogP contribution in [-0.4, -0.2) is 19.2 Å². The summed E-state index contributed by atoms with van der Waals surface area (Å²) in [6, 6.07) is 9.53. The zero-order chi connectivity index (χ0) is 11.8. The molecule has 0 unspecified atom stereocenters. The second kappa shape index (κ2) is 6.44. The maximum Gasteiger partial charge on any atom is 0.440 e. The lowest BCUT2D eigenvalue weighted by atomic mass is 10.1. The molecule has 1 amide bonds. The van der Waals surface area contributed by atoms with Crippen LogP contribution in [0.1, 0.15) is 12.0 Å². The van der Waals surface area contributed by atoms with Gasteiger partial charge in [0.15, 0.2) is 0 Å². The lowest BCUT2D eigenvalue weighted by Gasteiger charge is -2.04. The van der Waals surface area contributed by atoms with Crippen molar-refractivity contribution in [2.45, 2.75) is 12.8 Å². The summed E-state index contributed by atoms with van der Waals surface area (Å²) in [5, 5.41) is 0. The van der Waals surface area contributed by atoms with Crippen LogP contribution in [0, 0.1) is 0 Å². The highest BCUT2D eigenvalue weighted by atomic mass is 16.7. The molecule has 0 aliphatic heterocycles. The first-order valence-corrected chi connectivity index (χ1v) is 4.80. The van der Waals surface area contributed by atoms with Gasteiger partial charge in [-0.15, -0.1) is 5.48 Å². The van der Waals surface area contributed by atoms with Gasteiger partial charge in [-0.05, 0) is 12.0 Å². The molecule has 0 aliphatic rings. The summed E-state index contributed by atoms with van der Waals surface area (Å²) in [5.41, 5.74) is 2.90. The van der Waals surface area contributed by atoms with E-state index >= 15 is 0 Å². The van der Waals surface area contributed by atoms with Crippen LogP contribution in [0.4, 0.5) is 4.79 Å². The zero-order valence-electron chi connectivity index (χ0n) is 8.93. The van der Waals surface area contributed by atoms with Crippen LogP contribution in [0.25, 0.3) is 0 Å². The predicted octanol–water partition coefficient (Wildman–Crippen LogP) is 1.43. The molecule has 0 spiro atoms. The van der Waals surface area contributed by atoms with Crippen molar-refractivity contribution in [1.82, 2.24) is 5.48 Å². The molecule has 0 bridgehead atoms. The number of methoxy groups -OCH3 is 1. The highest BCUT2D eigenvalue weighted by molar-refractivity contribution is 5.73. The summed E-state index contributed by atoms with van der Waals surface area (Å²) in [7, 11) is 1.19. The highest BCUT2D eigenvalue weighted by Crippen LogP contribution is 2.02. The first-order valence-electron chi connectivity index (χ1n) is 4.80. The third-order valence-corrected chi connectivity index (χ3v) is 1.89. The summed E-state index contributed by atoms with van der Waals surface area (Å²) < 4.78 is 4.24. The normalized spacial score (nSPS) is 9.31. The van der Waals surface area contributed by atoms with Crippen molar-refractivity contribution in [3.8, 4) is 0 Å². The molecule has 5 nitrogen and oxygen atoms in total. The summed E-state index contributed by atoms with van der Waals surface area (Å²) >= 11 is 0. The van der Waals surface area contributed by atoms with Gasteiger partial charge in [-0.3, -0.25) is 0 Å². The smallest absolute Gasteiger partial charge is 0.440 e. The Morgan fingerprint density at radius 1 is 1.25 bits per heavy atom. The number of carbonyl (C=O) groups is 2. The van der Waals surface area contributed by atoms with E-state index in [1.807, 2.05) is 35.8 Å². The van der Waals surface area contributed by atoms with E-state index in [0.29, 0.717) is 6.42 Å². The van der Waals surface area contributed by atoms with Crippen molar-refractivity contribution in [3.05, 3.63) is 35.9 Å². The van der Waals surface area contributed by atoms with E-state index in [-0.39, 0.29) is 6.42 Å². The van der Waals surface area contributed by atoms with Crippen molar-refractivity contribution in [2.75, 3.05) is 7.11 Å². The molecule has 1 aromatic rings. The van der Waals surface area contributed by atoms with Crippen LogP contribution in [0.3, 0.4) is 0 Å². The molecule has 0 heterocycles. The molecule has 0 aromatic heterocycles. The Kier molecular flexibility index (Phi) is 4.85. The van der Waals surface area contributed by atoms with Gasteiger partial charge in [0.05, 0.1) is 13.5 Å². The Bertz CT molecular complexity index is 350. The van der Waals surface area contributed by atoms with Gasteiger partial charge in [0.2, 0.25) is 0 Å². The maximum atomic E-state index is 11.1. The molecule has 0 saturated carbocycles. The topological polar surface area (TPSA) is 64.6 Å². The number of benzene rings is 1. The van der Waals surface area contributed by atoms with Crippen LogP contribution >= 0.6 is 0 Å². The van der Waals surface area contributed by atoms with Crippen molar-refractivity contribution in [2.24, 2.45) is 0 Å². The molecule has 0 fully saturated rings. The average Bonchev–Trinajstić information content (AvgIpc) is 2.34.